The molecule has 0 radical (unpaired) electrons. The predicted molar refractivity (Wildman–Crippen MR) is 74.2 cm³/mol. The van der Waals surface area contributed by atoms with E-state index in [0.717, 1.165) is 0 Å². The molecule has 1 heterocycles. The van der Waals surface area contributed by atoms with Crippen molar-refractivity contribution in [2.45, 2.75) is 6.04 Å². The first-order valence-corrected chi connectivity index (χ1v) is 6.27. The molecule has 0 fully saturated rings. The van der Waals surface area contributed by atoms with E-state index in [-0.39, 0.29) is 16.3 Å². The fraction of sp³-hybridized carbons (Fsp3) is 0.154. The van der Waals surface area contributed by atoms with Crippen molar-refractivity contribution in [2.75, 3.05) is 0 Å². The summed E-state index contributed by atoms with van der Waals surface area (Å²) >= 11 is 5.76. The number of hydrogen-bond acceptors (Lipinski definition) is 4. The van der Waals surface area contributed by atoms with Crippen molar-refractivity contribution in [3.05, 3.63) is 46.7 Å². The van der Waals surface area contributed by atoms with Gasteiger partial charge in [0, 0.05) is 23.8 Å². The first kappa shape index (κ1) is 14.9. The molecule has 0 aliphatic carbocycles. The van der Waals surface area contributed by atoms with Gasteiger partial charge in [-0.2, -0.15) is 5.10 Å². The Labute approximate surface area is 124 Å². The number of nitrogens with zero attached hydrogens (tertiary/aromatic N) is 2. The number of carbonyl (C=O) groups is 2. The van der Waals surface area contributed by atoms with Crippen molar-refractivity contribution >= 4 is 23.5 Å². The van der Waals surface area contributed by atoms with Gasteiger partial charge in [0.25, 0.3) is 5.91 Å². The topological polar surface area (TPSA) is 104 Å². The number of aryl methyl sites for hydroxylation is 1. The monoisotopic (exact) mass is 309 g/mol. The van der Waals surface area contributed by atoms with Gasteiger partial charge in [-0.15, -0.1) is 0 Å². The van der Waals surface area contributed by atoms with Crippen LogP contribution >= 0.6 is 11.6 Å². The second kappa shape index (κ2) is 5.84. The van der Waals surface area contributed by atoms with Crippen LogP contribution in [0.25, 0.3) is 0 Å². The van der Waals surface area contributed by atoms with E-state index in [9.17, 15) is 19.8 Å². The minimum Gasteiger partial charge on any atom is -0.507 e. The number of carboxylic acid groups (broad SMARTS) is 1. The van der Waals surface area contributed by atoms with Gasteiger partial charge in [-0.3, -0.25) is 9.48 Å². The molecule has 7 nitrogen and oxygen atoms in total. The van der Waals surface area contributed by atoms with Gasteiger partial charge in [0.05, 0.1) is 11.8 Å². The Morgan fingerprint density at radius 3 is 2.71 bits per heavy atom. The van der Waals surface area contributed by atoms with Crippen LogP contribution in [0.3, 0.4) is 0 Å². The lowest BCUT2D eigenvalue weighted by Crippen LogP contribution is -2.33. The standard InChI is InChI=1S/C13H12ClN3O4/c1-17-6-7(5-15-17)11(13(20)21)16-12(19)9-4-8(14)2-3-10(9)18/h2-6,11,18H,1H3,(H,16,19)(H,20,21). The summed E-state index contributed by atoms with van der Waals surface area (Å²) in [5.74, 6) is -2.27. The highest BCUT2D eigenvalue weighted by Crippen LogP contribution is 2.22. The van der Waals surface area contributed by atoms with E-state index >= 15 is 0 Å². The van der Waals surface area contributed by atoms with Crippen LogP contribution in [-0.2, 0) is 11.8 Å². The van der Waals surface area contributed by atoms with E-state index in [1.165, 1.54) is 35.3 Å². The third-order valence-corrected chi connectivity index (χ3v) is 3.02. The Bertz CT molecular complexity index is 698. The summed E-state index contributed by atoms with van der Waals surface area (Å²) in [6, 6.07) is 2.67. The summed E-state index contributed by atoms with van der Waals surface area (Å²) in [5, 5.41) is 25.3. The van der Waals surface area contributed by atoms with Crippen molar-refractivity contribution in [3.8, 4) is 5.75 Å². The number of nitrogens with one attached hydrogen (secondary N) is 1. The lowest BCUT2D eigenvalue weighted by Gasteiger charge is -2.13. The van der Waals surface area contributed by atoms with Crippen LogP contribution in [0.15, 0.2) is 30.6 Å². The zero-order valence-electron chi connectivity index (χ0n) is 10.9. The molecular formula is C13H12ClN3O4. The molecule has 0 saturated heterocycles. The third kappa shape index (κ3) is 3.32. The highest BCUT2D eigenvalue weighted by molar-refractivity contribution is 6.31. The van der Waals surface area contributed by atoms with Crippen molar-refractivity contribution in [2.24, 2.45) is 7.05 Å². The summed E-state index contributed by atoms with van der Waals surface area (Å²) in [6.45, 7) is 0. The second-order valence-corrected chi connectivity index (χ2v) is 4.79. The van der Waals surface area contributed by atoms with Crippen molar-refractivity contribution in [1.29, 1.82) is 0 Å². The quantitative estimate of drug-likeness (QED) is 0.790. The van der Waals surface area contributed by atoms with Crippen molar-refractivity contribution in [1.82, 2.24) is 15.1 Å². The minimum atomic E-state index is -1.27. The molecule has 110 valence electrons. The molecule has 21 heavy (non-hydrogen) atoms. The van der Waals surface area contributed by atoms with Gasteiger partial charge in [-0.25, -0.2) is 4.79 Å². The summed E-state index contributed by atoms with van der Waals surface area (Å²) in [7, 11) is 1.63. The molecule has 0 spiro atoms. The average Bonchev–Trinajstić information content (AvgIpc) is 2.84. The average molecular weight is 310 g/mol. The second-order valence-electron chi connectivity index (χ2n) is 4.35. The Morgan fingerprint density at radius 2 is 2.14 bits per heavy atom. The van der Waals surface area contributed by atoms with E-state index in [1.54, 1.807) is 7.05 Å². The van der Waals surface area contributed by atoms with Gasteiger partial charge < -0.3 is 15.5 Å². The number of phenols is 1. The maximum Gasteiger partial charge on any atom is 0.331 e. The smallest absolute Gasteiger partial charge is 0.331 e. The van der Waals surface area contributed by atoms with Crippen molar-refractivity contribution in [3.63, 3.8) is 0 Å². The maximum atomic E-state index is 12.1. The molecule has 1 unspecified atom stereocenters. The zero-order valence-corrected chi connectivity index (χ0v) is 11.7. The van der Waals surface area contributed by atoms with Gasteiger partial charge in [0.1, 0.15) is 5.75 Å². The highest BCUT2D eigenvalue weighted by Gasteiger charge is 2.25. The number of hydrogen-bond donors (Lipinski definition) is 3. The Morgan fingerprint density at radius 1 is 1.43 bits per heavy atom. The number of benzene rings is 1. The van der Waals surface area contributed by atoms with Crippen LogP contribution in [-0.4, -0.2) is 31.9 Å². The van der Waals surface area contributed by atoms with Gasteiger partial charge >= 0.3 is 5.97 Å². The summed E-state index contributed by atoms with van der Waals surface area (Å²) in [6.07, 6.45) is 2.83. The van der Waals surface area contributed by atoms with Gasteiger partial charge in [0.2, 0.25) is 0 Å². The van der Waals surface area contributed by atoms with E-state index in [4.69, 9.17) is 11.6 Å². The van der Waals surface area contributed by atoms with Crippen LogP contribution in [0.2, 0.25) is 5.02 Å². The Kier molecular flexibility index (Phi) is 4.13. The molecule has 0 saturated carbocycles. The van der Waals surface area contributed by atoms with E-state index < -0.39 is 17.9 Å². The molecule has 1 aromatic carbocycles. The largest absolute Gasteiger partial charge is 0.507 e. The Balaban J connectivity index is 2.27. The predicted octanol–water partition coefficient (Wildman–Crippen LogP) is 1.33. The molecule has 0 aliphatic heterocycles. The number of phenolic OH excluding ortho intramolecular Hbond substituents is 1. The summed E-state index contributed by atoms with van der Waals surface area (Å²) < 4.78 is 1.42. The van der Waals surface area contributed by atoms with Crippen LogP contribution < -0.4 is 5.32 Å². The first-order chi connectivity index (χ1) is 9.88. The normalized spacial score (nSPS) is 11.9. The molecule has 1 amide bonds. The number of aliphatic carboxylic acids is 1. The van der Waals surface area contributed by atoms with E-state index in [0.29, 0.717) is 5.56 Å². The number of amides is 1. The molecule has 3 N–H and O–H groups in total. The molecular weight excluding hydrogens is 298 g/mol. The number of aromatic hydroxyl groups is 1. The van der Waals surface area contributed by atoms with Crippen LogP contribution in [0.1, 0.15) is 22.0 Å². The van der Waals surface area contributed by atoms with Gasteiger partial charge in [0.15, 0.2) is 6.04 Å². The number of halogens is 1. The fourth-order valence-corrected chi connectivity index (χ4v) is 1.95. The lowest BCUT2D eigenvalue weighted by atomic mass is 10.1. The van der Waals surface area contributed by atoms with E-state index in [1.807, 2.05) is 0 Å². The first-order valence-electron chi connectivity index (χ1n) is 5.89. The van der Waals surface area contributed by atoms with E-state index in [2.05, 4.69) is 10.4 Å². The maximum absolute atomic E-state index is 12.1. The van der Waals surface area contributed by atoms with Gasteiger partial charge in [-0.1, -0.05) is 11.6 Å². The van der Waals surface area contributed by atoms with Crippen LogP contribution in [0, 0.1) is 0 Å². The highest BCUT2D eigenvalue weighted by atomic mass is 35.5. The number of carboxylic acids is 1. The van der Waals surface area contributed by atoms with Crippen LogP contribution in [0.5, 0.6) is 5.75 Å². The summed E-state index contributed by atoms with van der Waals surface area (Å²) in [5.41, 5.74) is 0.220. The van der Waals surface area contributed by atoms with Crippen LogP contribution in [0.4, 0.5) is 0 Å². The lowest BCUT2D eigenvalue weighted by molar-refractivity contribution is -0.139. The minimum absolute atomic E-state index is 0.0994. The van der Waals surface area contributed by atoms with Gasteiger partial charge in [-0.05, 0) is 18.2 Å². The molecule has 1 atom stereocenters. The molecule has 0 bridgehead atoms. The molecule has 2 aromatic rings. The number of aromatic nitrogens is 2. The zero-order chi connectivity index (χ0) is 15.6. The fourth-order valence-electron chi connectivity index (χ4n) is 1.78. The molecule has 2 rings (SSSR count). The summed E-state index contributed by atoms with van der Waals surface area (Å²) in [4.78, 5) is 23.4. The molecule has 0 aliphatic rings. The number of rotatable bonds is 4. The number of carbonyl (C=O) groups excluding carboxylic acids is 1. The molecule has 1 aromatic heterocycles. The molecule has 8 heteroatoms. The third-order valence-electron chi connectivity index (χ3n) is 2.78. The SMILES string of the molecule is Cn1cc(C(NC(=O)c2cc(Cl)ccc2O)C(=O)O)cn1. The Hall–Kier alpha value is -2.54. The van der Waals surface area contributed by atoms with Crippen molar-refractivity contribution < 1.29 is 19.8 Å².